The highest BCUT2D eigenvalue weighted by Gasteiger charge is 2.16. The van der Waals surface area contributed by atoms with Crippen LogP contribution in [0.2, 0.25) is 0 Å². The third-order valence-electron chi connectivity index (χ3n) is 1.49. The van der Waals surface area contributed by atoms with Crippen molar-refractivity contribution < 1.29 is 9.90 Å². The van der Waals surface area contributed by atoms with Crippen molar-refractivity contribution in [1.29, 1.82) is 0 Å². The number of aliphatic carboxylic acids is 1. The first-order valence-electron chi connectivity index (χ1n) is 3.77. The van der Waals surface area contributed by atoms with Gasteiger partial charge in [-0.25, -0.2) is 4.79 Å². The zero-order chi connectivity index (χ0) is 8.69. The van der Waals surface area contributed by atoms with Crippen molar-refractivity contribution >= 4 is 5.97 Å². The molecule has 0 saturated heterocycles. The maximum atomic E-state index is 10.2. The van der Waals surface area contributed by atoms with Crippen molar-refractivity contribution in [3.05, 3.63) is 4.91 Å². The van der Waals surface area contributed by atoms with Crippen LogP contribution in [0, 0.1) is 4.91 Å². The molecule has 0 spiro atoms. The molecule has 1 atom stereocenters. The molecule has 11 heavy (non-hydrogen) atoms. The molecule has 0 heterocycles. The van der Waals surface area contributed by atoms with E-state index in [9.17, 15) is 9.70 Å². The Morgan fingerprint density at radius 1 is 1.55 bits per heavy atom. The smallest absolute Gasteiger partial charge is 0.332 e. The van der Waals surface area contributed by atoms with Crippen LogP contribution in [0.5, 0.6) is 0 Å². The van der Waals surface area contributed by atoms with E-state index < -0.39 is 12.0 Å². The maximum absolute atomic E-state index is 10.2. The minimum Gasteiger partial charge on any atom is -0.480 e. The quantitative estimate of drug-likeness (QED) is 0.474. The summed E-state index contributed by atoms with van der Waals surface area (Å²) in [5.41, 5.74) is 0. The first-order valence-corrected chi connectivity index (χ1v) is 3.77. The molecular formula is C7H13NO3. The summed E-state index contributed by atoms with van der Waals surface area (Å²) in [7, 11) is 0. The van der Waals surface area contributed by atoms with Gasteiger partial charge in [-0.15, -0.1) is 4.91 Å². The topological polar surface area (TPSA) is 66.7 Å². The summed E-state index contributed by atoms with van der Waals surface area (Å²) in [6.45, 7) is 2.02. The number of unbranched alkanes of at least 4 members (excludes halogenated alkanes) is 2. The lowest BCUT2D eigenvalue weighted by Crippen LogP contribution is -2.16. The molecule has 0 rings (SSSR count). The largest absolute Gasteiger partial charge is 0.480 e. The lowest BCUT2D eigenvalue weighted by molar-refractivity contribution is -0.138. The number of rotatable bonds is 6. The molecule has 0 aliphatic carbocycles. The van der Waals surface area contributed by atoms with Crippen LogP contribution < -0.4 is 0 Å². The van der Waals surface area contributed by atoms with E-state index in [1.54, 1.807) is 0 Å². The van der Waals surface area contributed by atoms with Crippen molar-refractivity contribution in [2.24, 2.45) is 5.18 Å². The second kappa shape index (κ2) is 5.82. The second-order valence-electron chi connectivity index (χ2n) is 2.46. The van der Waals surface area contributed by atoms with Crippen molar-refractivity contribution in [3.63, 3.8) is 0 Å². The summed E-state index contributed by atoms with van der Waals surface area (Å²) < 4.78 is 0. The summed E-state index contributed by atoms with van der Waals surface area (Å²) in [6.07, 6.45) is 3.11. The van der Waals surface area contributed by atoms with Gasteiger partial charge in [0.2, 0.25) is 0 Å². The van der Waals surface area contributed by atoms with E-state index >= 15 is 0 Å². The van der Waals surface area contributed by atoms with E-state index in [0.29, 0.717) is 6.42 Å². The van der Waals surface area contributed by atoms with Crippen LogP contribution in [0.25, 0.3) is 0 Å². The van der Waals surface area contributed by atoms with Gasteiger partial charge in [-0.1, -0.05) is 31.4 Å². The molecule has 4 nitrogen and oxygen atoms in total. The summed E-state index contributed by atoms with van der Waals surface area (Å²) in [4.78, 5) is 20.1. The number of hydrogen-bond donors (Lipinski definition) is 1. The average molecular weight is 159 g/mol. The number of nitrogens with zero attached hydrogens (tertiary/aromatic N) is 1. The highest BCUT2D eigenvalue weighted by atomic mass is 16.4. The third-order valence-corrected chi connectivity index (χ3v) is 1.49. The lowest BCUT2D eigenvalue weighted by Gasteiger charge is -2.01. The van der Waals surface area contributed by atoms with Gasteiger partial charge in [0.15, 0.2) is 6.04 Å². The Hall–Kier alpha value is -0.930. The number of carboxylic acids is 1. The van der Waals surface area contributed by atoms with E-state index in [2.05, 4.69) is 5.18 Å². The summed E-state index contributed by atoms with van der Waals surface area (Å²) in [6, 6.07) is -1.04. The Bertz CT molecular complexity index is 136. The number of hydrogen-bond acceptors (Lipinski definition) is 3. The van der Waals surface area contributed by atoms with Gasteiger partial charge in [-0.3, -0.25) is 0 Å². The van der Waals surface area contributed by atoms with Gasteiger partial charge >= 0.3 is 5.97 Å². The van der Waals surface area contributed by atoms with Crippen molar-refractivity contribution in [2.45, 2.75) is 38.6 Å². The van der Waals surface area contributed by atoms with E-state index in [1.165, 1.54) is 0 Å². The molecule has 0 saturated carbocycles. The number of carboxylic acid groups (broad SMARTS) is 1. The number of nitroso groups, excluding NO2 is 1. The zero-order valence-electron chi connectivity index (χ0n) is 6.62. The van der Waals surface area contributed by atoms with Gasteiger partial charge in [0, 0.05) is 0 Å². The molecule has 0 aromatic carbocycles. The Kier molecular flexibility index (Phi) is 5.33. The first-order chi connectivity index (χ1) is 5.22. The van der Waals surface area contributed by atoms with Gasteiger partial charge in [0.05, 0.1) is 0 Å². The highest BCUT2D eigenvalue weighted by Crippen LogP contribution is 2.06. The molecule has 64 valence electrons. The predicted octanol–water partition coefficient (Wildman–Crippen LogP) is 1.79. The fraction of sp³-hybridized carbons (Fsp3) is 0.857. The standard InChI is InChI=1S/C7H13NO3/c1-2-3-4-5-6(8-11)7(9)10/h6H,2-5H2,1H3,(H,9,10). The van der Waals surface area contributed by atoms with Crippen LogP contribution in [0.3, 0.4) is 0 Å². The summed E-state index contributed by atoms with van der Waals surface area (Å²) in [5.74, 6) is -1.11. The van der Waals surface area contributed by atoms with Gasteiger partial charge in [0.1, 0.15) is 0 Å². The van der Waals surface area contributed by atoms with Crippen LogP contribution in [-0.2, 0) is 4.79 Å². The highest BCUT2D eigenvalue weighted by molar-refractivity contribution is 5.73. The van der Waals surface area contributed by atoms with Crippen LogP contribution in [-0.4, -0.2) is 17.1 Å². The fourth-order valence-electron chi connectivity index (χ4n) is 0.809. The predicted molar refractivity (Wildman–Crippen MR) is 41.4 cm³/mol. The Morgan fingerprint density at radius 3 is 2.55 bits per heavy atom. The van der Waals surface area contributed by atoms with E-state index in [1.807, 2.05) is 6.92 Å². The summed E-state index contributed by atoms with van der Waals surface area (Å²) >= 11 is 0. The normalized spacial score (nSPS) is 12.5. The molecule has 0 bridgehead atoms. The van der Waals surface area contributed by atoms with Gasteiger partial charge in [-0.05, 0) is 6.42 Å². The van der Waals surface area contributed by atoms with Crippen molar-refractivity contribution in [2.75, 3.05) is 0 Å². The Balaban J connectivity index is 3.52. The monoisotopic (exact) mass is 159 g/mol. The van der Waals surface area contributed by atoms with Crippen LogP contribution in [0.4, 0.5) is 0 Å². The van der Waals surface area contributed by atoms with Gasteiger partial charge in [0.25, 0.3) is 0 Å². The maximum Gasteiger partial charge on any atom is 0.332 e. The van der Waals surface area contributed by atoms with Crippen molar-refractivity contribution in [1.82, 2.24) is 0 Å². The molecule has 0 radical (unpaired) electrons. The zero-order valence-corrected chi connectivity index (χ0v) is 6.62. The fourth-order valence-corrected chi connectivity index (χ4v) is 0.809. The Morgan fingerprint density at radius 2 is 2.18 bits per heavy atom. The SMILES string of the molecule is CCCCCC(N=O)C(=O)O. The van der Waals surface area contributed by atoms with E-state index in [0.717, 1.165) is 19.3 Å². The summed E-state index contributed by atoms with van der Waals surface area (Å²) in [5, 5.41) is 10.9. The van der Waals surface area contributed by atoms with Gasteiger partial charge < -0.3 is 5.11 Å². The minimum absolute atomic E-state index is 0.368. The Labute approximate surface area is 65.6 Å². The lowest BCUT2D eigenvalue weighted by atomic mass is 10.1. The molecule has 0 aromatic heterocycles. The average Bonchev–Trinajstić information content (AvgIpc) is 1.97. The molecule has 1 unspecified atom stereocenters. The molecular weight excluding hydrogens is 146 g/mol. The molecule has 0 fully saturated rings. The molecule has 4 heteroatoms. The number of carbonyl (C=O) groups is 1. The molecule has 0 aromatic rings. The molecule has 1 N–H and O–H groups in total. The van der Waals surface area contributed by atoms with E-state index in [4.69, 9.17) is 5.11 Å². The first kappa shape index (κ1) is 10.1. The van der Waals surface area contributed by atoms with Crippen LogP contribution in [0.15, 0.2) is 5.18 Å². The molecule has 0 aliphatic rings. The van der Waals surface area contributed by atoms with Crippen LogP contribution >= 0.6 is 0 Å². The molecule has 0 amide bonds. The van der Waals surface area contributed by atoms with Gasteiger partial charge in [-0.2, -0.15) is 0 Å². The van der Waals surface area contributed by atoms with Crippen LogP contribution in [0.1, 0.15) is 32.6 Å². The third kappa shape index (κ3) is 4.47. The second-order valence-corrected chi connectivity index (χ2v) is 2.46. The minimum atomic E-state index is -1.11. The molecule has 0 aliphatic heterocycles. The van der Waals surface area contributed by atoms with E-state index in [-0.39, 0.29) is 0 Å². The van der Waals surface area contributed by atoms with Crippen molar-refractivity contribution in [3.8, 4) is 0 Å².